The van der Waals surface area contributed by atoms with Crippen molar-refractivity contribution in [2.24, 2.45) is 0 Å². The van der Waals surface area contributed by atoms with E-state index in [9.17, 15) is 9.18 Å². The number of carbonyl (C=O) groups is 1. The number of hydrogen-bond donors (Lipinski definition) is 0. The van der Waals surface area contributed by atoms with Crippen LogP contribution in [-0.2, 0) is 6.54 Å². The lowest BCUT2D eigenvalue weighted by atomic mass is 10.1. The summed E-state index contributed by atoms with van der Waals surface area (Å²) in [5.74, 6) is 1.07. The number of fused-ring (bicyclic) bond motifs is 1. The molecule has 0 bridgehead atoms. The first-order valence-electron chi connectivity index (χ1n) is 7.97. The summed E-state index contributed by atoms with van der Waals surface area (Å²) >= 11 is 1.33. The van der Waals surface area contributed by atoms with Gasteiger partial charge in [-0.15, -0.1) is 0 Å². The van der Waals surface area contributed by atoms with Gasteiger partial charge in [0.2, 0.25) is 0 Å². The molecule has 1 amide bonds. The lowest BCUT2D eigenvalue weighted by molar-refractivity contribution is 0.0645. The molecule has 1 aliphatic rings. The molecule has 0 unspecified atom stereocenters. The third-order valence-corrected chi connectivity index (χ3v) is 5.22. The zero-order valence-corrected chi connectivity index (χ0v) is 14.6. The van der Waals surface area contributed by atoms with Gasteiger partial charge in [-0.2, -0.15) is 4.37 Å². The second-order valence-corrected chi connectivity index (χ2v) is 6.74. The van der Waals surface area contributed by atoms with E-state index in [1.54, 1.807) is 11.1 Å². The van der Waals surface area contributed by atoms with Crippen molar-refractivity contribution in [1.29, 1.82) is 0 Å². The largest absolute Gasteiger partial charge is 0.329 e. The lowest BCUT2D eigenvalue weighted by Gasteiger charge is -2.35. The molecule has 0 fully saturated rings. The van der Waals surface area contributed by atoms with Gasteiger partial charge in [0.1, 0.15) is 11.6 Å². The smallest absolute Gasteiger partial charge is 0.254 e. The van der Waals surface area contributed by atoms with E-state index in [4.69, 9.17) is 0 Å². The number of amides is 1. The Morgan fingerprint density at radius 3 is 2.72 bits per heavy atom. The van der Waals surface area contributed by atoms with E-state index >= 15 is 0 Å². The van der Waals surface area contributed by atoms with Crippen LogP contribution in [0.2, 0.25) is 0 Å². The third kappa shape index (κ3) is 2.72. The van der Waals surface area contributed by atoms with Gasteiger partial charge in [-0.1, -0.05) is 0 Å². The summed E-state index contributed by atoms with van der Waals surface area (Å²) in [6.45, 7) is 5.03. The van der Waals surface area contributed by atoms with Gasteiger partial charge in [-0.05, 0) is 49.6 Å². The van der Waals surface area contributed by atoms with Gasteiger partial charge in [0.15, 0.2) is 10.8 Å². The van der Waals surface area contributed by atoms with Crippen LogP contribution in [0.1, 0.15) is 34.8 Å². The summed E-state index contributed by atoms with van der Waals surface area (Å²) in [6.07, 6.45) is 1.79. The van der Waals surface area contributed by atoms with Crippen LogP contribution in [0, 0.1) is 12.7 Å². The Morgan fingerprint density at radius 1 is 1.28 bits per heavy atom. The van der Waals surface area contributed by atoms with Crippen molar-refractivity contribution in [3.05, 3.63) is 53.4 Å². The average molecular weight is 357 g/mol. The first-order chi connectivity index (χ1) is 12.0. The van der Waals surface area contributed by atoms with Crippen LogP contribution < -0.4 is 0 Å². The standard InChI is InChI=1S/C17H16FN5OS/c1-10-14-9-19-15(16-20-11(2)21-25-16)23(14)8-7-22(10)17(24)12-3-5-13(18)6-4-12/h3-6,9-10H,7-8H2,1-2H3/t10-/m0/s1. The van der Waals surface area contributed by atoms with Crippen LogP contribution in [0.5, 0.6) is 0 Å². The van der Waals surface area contributed by atoms with Crippen molar-refractivity contribution in [2.75, 3.05) is 6.54 Å². The Hall–Kier alpha value is -2.61. The van der Waals surface area contributed by atoms with Crippen molar-refractivity contribution in [3.8, 4) is 10.8 Å². The molecular formula is C17H16FN5OS. The minimum atomic E-state index is -0.349. The molecule has 0 radical (unpaired) electrons. The van der Waals surface area contributed by atoms with Crippen molar-refractivity contribution < 1.29 is 9.18 Å². The Labute approximate surface area is 148 Å². The number of benzene rings is 1. The molecule has 3 aromatic rings. The first-order valence-corrected chi connectivity index (χ1v) is 8.74. The fourth-order valence-electron chi connectivity index (χ4n) is 3.11. The highest BCUT2D eigenvalue weighted by Crippen LogP contribution is 2.31. The maximum atomic E-state index is 13.1. The maximum Gasteiger partial charge on any atom is 0.254 e. The van der Waals surface area contributed by atoms with Crippen LogP contribution in [0.25, 0.3) is 10.8 Å². The highest BCUT2D eigenvalue weighted by atomic mass is 32.1. The minimum absolute atomic E-state index is 0.103. The number of nitrogens with zero attached hydrogens (tertiary/aromatic N) is 5. The summed E-state index contributed by atoms with van der Waals surface area (Å²) in [7, 11) is 0. The van der Waals surface area contributed by atoms with E-state index in [0.29, 0.717) is 18.7 Å². The fraction of sp³-hybridized carbons (Fsp3) is 0.294. The van der Waals surface area contributed by atoms with E-state index in [2.05, 4.69) is 18.9 Å². The number of aromatic nitrogens is 4. The highest BCUT2D eigenvalue weighted by Gasteiger charge is 2.31. The van der Waals surface area contributed by atoms with Crippen LogP contribution in [0.4, 0.5) is 4.39 Å². The lowest BCUT2D eigenvalue weighted by Crippen LogP contribution is -2.41. The summed E-state index contributed by atoms with van der Waals surface area (Å²) in [5.41, 5.74) is 1.45. The maximum absolute atomic E-state index is 13.1. The van der Waals surface area contributed by atoms with E-state index in [-0.39, 0.29) is 17.8 Å². The van der Waals surface area contributed by atoms with E-state index in [1.165, 1.54) is 35.8 Å². The zero-order chi connectivity index (χ0) is 17.6. The van der Waals surface area contributed by atoms with E-state index < -0.39 is 0 Å². The average Bonchev–Trinajstić information content (AvgIpc) is 3.21. The van der Waals surface area contributed by atoms with Crippen LogP contribution in [0.15, 0.2) is 30.5 Å². The number of carbonyl (C=O) groups excluding carboxylic acids is 1. The van der Waals surface area contributed by atoms with Crippen molar-refractivity contribution in [2.45, 2.75) is 26.4 Å². The summed E-state index contributed by atoms with van der Waals surface area (Å²) < 4.78 is 19.4. The van der Waals surface area contributed by atoms with Crippen molar-refractivity contribution in [1.82, 2.24) is 23.8 Å². The Kier molecular flexibility index (Phi) is 3.84. The molecule has 25 heavy (non-hydrogen) atoms. The molecule has 1 aliphatic heterocycles. The summed E-state index contributed by atoms with van der Waals surface area (Å²) in [5, 5.41) is 0.786. The van der Waals surface area contributed by atoms with E-state index in [1.807, 2.05) is 13.8 Å². The molecule has 3 heterocycles. The van der Waals surface area contributed by atoms with Gasteiger partial charge in [-0.3, -0.25) is 4.79 Å². The quantitative estimate of drug-likeness (QED) is 0.707. The third-order valence-electron chi connectivity index (χ3n) is 4.42. The number of aryl methyl sites for hydroxylation is 1. The van der Waals surface area contributed by atoms with Gasteiger partial charge in [0.05, 0.1) is 17.9 Å². The normalized spacial score (nSPS) is 16.8. The molecular weight excluding hydrogens is 341 g/mol. The topological polar surface area (TPSA) is 63.9 Å². The Bertz CT molecular complexity index is 933. The fourth-order valence-corrected chi connectivity index (χ4v) is 3.79. The van der Waals surface area contributed by atoms with Gasteiger partial charge in [0.25, 0.3) is 5.91 Å². The molecule has 0 N–H and O–H groups in total. The first kappa shape index (κ1) is 15.9. The molecule has 8 heteroatoms. The van der Waals surface area contributed by atoms with Crippen molar-refractivity contribution in [3.63, 3.8) is 0 Å². The SMILES string of the molecule is Cc1nsc(-c2ncc3n2CCN(C(=O)c2ccc(F)cc2)[C@H]3C)n1. The predicted molar refractivity (Wildman–Crippen MR) is 91.7 cm³/mol. The molecule has 4 rings (SSSR count). The highest BCUT2D eigenvalue weighted by molar-refractivity contribution is 7.09. The molecule has 1 atom stereocenters. The van der Waals surface area contributed by atoms with Crippen molar-refractivity contribution >= 4 is 17.4 Å². The Balaban J connectivity index is 1.63. The second-order valence-electron chi connectivity index (χ2n) is 5.99. The monoisotopic (exact) mass is 357 g/mol. The number of hydrogen-bond acceptors (Lipinski definition) is 5. The van der Waals surface area contributed by atoms with E-state index in [0.717, 1.165) is 22.4 Å². The molecule has 2 aromatic heterocycles. The van der Waals surface area contributed by atoms with Crippen LogP contribution >= 0.6 is 11.5 Å². The second kappa shape index (κ2) is 6.03. The molecule has 0 spiro atoms. The number of imidazole rings is 1. The molecule has 0 aliphatic carbocycles. The summed E-state index contributed by atoms with van der Waals surface area (Å²) in [6, 6.07) is 5.53. The number of rotatable bonds is 2. The zero-order valence-electron chi connectivity index (χ0n) is 13.8. The minimum Gasteiger partial charge on any atom is -0.329 e. The molecule has 0 saturated carbocycles. The van der Waals surface area contributed by atoms with Gasteiger partial charge in [0, 0.05) is 18.7 Å². The summed E-state index contributed by atoms with van der Waals surface area (Å²) in [4.78, 5) is 23.5. The van der Waals surface area contributed by atoms with Gasteiger partial charge in [-0.25, -0.2) is 14.4 Å². The Morgan fingerprint density at radius 2 is 2.04 bits per heavy atom. The molecule has 0 saturated heterocycles. The predicted octanol–water partition coefficient (Wildman–Crippen LogP) is 3.07. The molecule has 6 nitrogen and oxygen atoms in total. The van der Waals surface area contributed by atoms with Gasteiger partial charge < -0.3 is 9.47 Å². The van der Waals surface area contributed by atoms with Crippen LogP contribution in [0.3, 0.4) is 0 Å². The van der Waals surface area contributed by atoms with Crippen LogP contribution in [-0.4, -0.2) is 36.3 Å². The van der Waals surface area contributed by atoms with Gasteiger partial charge >= 0.3 is 0 Å². The molecule has 1 aromatic carbocycles. The number of halogens is 1. The molecule has 128 valence electrons.